The monoisotopic (exact) mass is 602 g/mol. The summed E-state index contributed by atoms with van der Waals surface area (Å²) in [5.74, 6) is -0.865. The van der Waals surface area contributed by atoms with Crippen molar-refractivity contribution >= 4 is 45.3 Å². The number of ketones is 2. The van der Waals surface area contributed by atoms with E-state index >= 15 is 0 Å². The minimum Gasteiger partial charge on any atom is -0.505 e. The lowest BCUT2D eigenvalue weighted by Crippen LogP contribution is -2.29. The van der Waals surface area contributed by atoms with E-state index in [-0.39, 0.29) is 22.2 Å². The number of aromatic nitrogens is 3. The first-order valence-corrected chi connectivity index (χ1v) is 15.0. The number of carbonyl (C=O) groups excluding carboxylic acids is 3. The lowest BCUT2D eigenvalue weighted by Gasteiger charge is -2.24. The van der Waals surface area contributed by atoms with Crippen LogP contribution in [0.3, 0.4) is 0 Å². The molecule has 0 bridgehead atoms. The number of amides is 1. The first-order valence-electron chi connectivity index (χ1n) is 14.2. The van der Waals surface area contributed by atoms with Gasteiger partial charge < -0.3 is 14.6 Å². The lowest BCUT2D eigenvalue weighted by atomic mass is 9.96. The zero-order chi connectivity index (χ0) is 31.0. The van der Waals surface area contributed by atoms with E-state index in [1.807, 2.05) is 13.0 Å². The highest BCUT2D eigenvalue weighted by atomic mass is 32.1. The van der Waals surface area contributed by atoms with Crippen LogP contribution in [0.25, 0.3) is 11.4 Å². The summed E-state index contributed by atoms with van der Waals surface area (Å²) in [4.78, 5) is 50.5. The number of fused-ring (bicyclic) bond motifs is 1. The number of anilines is 1. The van der Waals surface area contributed by atoms with Crippen LogP contribution >= 0.6 is 11.3 Å². The number of ether oxygens (including phenoxy) is 2. The molecule has 5 rings (SSSR count). The molecule has 1 N–H and O–H groups in total. The third-order valence-corrected chi connectivity index (χ3v) is 8.48. The number of thiazole rings is 1. The van der Waals surface area contributed by atoms with Crippen molar-refractivity contribution < 1.29 is 29.0 Å². The number of aliphatic hydroxyl groups is 1. The van der Waals surface area contributed by atoms with Gasteiger partial charge in [-0.25, -0.2) is 9.97 Å². The maximum Gasteiger partial charge on any atom is 0.301 e. The number of benzene rings is 1. The Balaban J connectivity index is 1.72. The first kappa shape index (κ1) is 30.0. The van der Waals surface area contributed by atoms with E-state index < -0.39 is 17.7 Å². The van der Waals surface area contributed by atoms with Crippen molar-refractivity contribution in [2.45, 2.75) is 54.0 Å². The van der Waals surface area contributed by atoms with Crippen LogP contribution in [0.5, 0.6) is 11.5 Å². The maximum atomic E-state index is 13.8. The van der Waals surface area contributed by atoms with Crippen LogP contribution in [-0.2, 0) is 9.59 Å². The molecule has 224 valence electrons. The quantitative estimate of drug-likeness (QED) is 0.101. The third kappa shape index (κ3) is 5.52. The zero-order valence-corrected chi connectivity index (χ0v) is 25.8. The number of pyridine rings is 1. The Morgan fingerprint density at radius 1 is 1.07 bits per heavy atom. The summed E-state index contributed by atoms with van der Waals surface area (Å²) in [7, 11) is 0. The smallest absolute Gasteiger partial charge is 0.301 e. The summed E-state index contributed by atoms with van der Waals surface area (Å²) in [5.41, 5.74) is 2.21. The van der Waals surface area contributed by atoms with Gasteiger partial charge in [0.25, 0.3) is 5.78 Å². The van der Waals surface area contributed by atoms with Crippen LogP contribution in [0.4, 0.5) is 5.13 Å². The SMILES string of the molecule is CCOc1cc(C2/C(=C(\O)c3c(C)nc4ccccn34)C(=O)C(=O)N2c2nc(C)c(C(C)=O)s2)ccc1OCCC(C)C. The first-order chi connectivity index (χ1) is 20.5. The standard InChI is InChI=1S/C32H34N4O6S/c1-7-41-23-16-21(11-12-22(23)42-15-13-17(2)3)27-25(28(38)26-18(4)33-24-10-8-9-14-35(24)26)29(39)31(40)36(27)32-34-19(5)30(43-32)20(6)37/h8-12,14,16-17,27,38H,7,13,15H2,1-6H3/b28-25+. The molecule has 1 fully saturated rings. The Kier molecular flexibility index (Phi) is 8.36. The molecule has 0 radical (unpaired) electrons. The molecule has 4 heterocycles. The third-order valence-electron chi connectivity index (χ3n) is 7.22. The molecule has 1 aliphatic rings. The molecule has 43 heavy (non-hydrogen) atoms. The van der Waals surface area contributed by atoms with Crippen molar-refractivity contribution in [2.75, 3.05) is 18.1 Å². The van der Waals surface area contributed by atoms with Gasteiger partial charge in [-0.15, -0.1) is 0 Å². The van der Waals surface area contributed by atoms with Crippen LogP contribution in [-0.4, -0.2) is 50.2 Å². The van der Waals surface area contributed by atoms with Crippen molar-refractivity contribution in [3.05, 3.63) is 75.7 Å². The number of hydrogen-bond acceptors (Lipinski definition) is 9. The van der Waals surface area contributed by atoms with E-state index in [2.05, 4.69) is 23.8 Å². The minimum atomic E-state index is -1.07. The summed E-state index contributed by atoms with van der Waals surface area (Å²) >= 11 is 1.03. The van der Waals surface area contributed by atoms with Crippen LogP contribution < -0.4 is 14.4 Å². The molecule has 1 amide bonds. The Morgan fingerprint density at radius 2 is 1.84 bits per heavy atom. The molecule has 1 unspecified atom stereocenters. The lowest BCUT2D eigenvalue weighted by molar-refractivity contribution is -0.132. The summed E-state index contributed by atoms with van der Waals surface area (Å²) in [6, 6.07) is 9.54. The van der Waals surface area contributed by atoms with Gasteiger partial charge in [-0.2, -0.15) is 0 Å². The van der Waals surface area contributed by atoms with Crippen LogP contribution in [0.2, 0.25) is 0 Å². The Bertz CT molecular complexity index is 1770. The molecule has 0 spiro atoms. The number of aliphatic hydroxyl groups excluding tert-OH is 1. The van der Waals surface area contributed by atoms with Crippen molar-refractivity contribution in [3.63, 3.8) is 0 Å². The van der Waals surface area contributed by atoms with Gasteiger partial charge in [0.2, 0.25) is 0 Å². The zero-order valence-electron chi connectivity index (χ0n) is 25.0. The highest BCUT2D eigenvalue weighted by Crippen LogP contribution is 2.46. The fourth-order valence-electron chi connectivity index (χ4n) is 5.17. The van der Waals surface area contributed by atoms with E-state index in [0.717, 1.165) is 17.8 Å². The van der Waals surface area contributed by atoms with Gasteiger partial charge in [0.05, 0.1) is 41.1 Å². The molecular weight excluding hydrogens is 568 g/mol. The van der Waals surface area contributed by atoms with E-state index in [9.17, 15) is 19.5 Å². The normalized spacial score (nSPS) is 16.4. The van der Waals surface area contributed by atoms with Gasteiger partial charge in [0.15, 0.2) is 28.2 Å². The second kappa shape index (κ2) is 12.0. The van der Waals surface area contributed by atoms with E-state index in [4.69, 9.17) is 9.47 Å². The molecule has 0 aliphatic carbocycles. The molecule has 4 aromatic rings. The predicted octanol–water partition coefficient (Wildman–Crippen LogP) is 6.06. The second-order valence-corrected chi connectivity index (χ2v) is 11.8. The molecule has 1 aromatic carbocycles. The van der Waals surface area contributed by atoms with Gasteiger partial charge in [0, 0.05) is 13.1 Å². The van der Waals surface area contributed by atoms with Gasteiger partial charge >= 0.3 is 5.91 Å². The Hall–Kier alpha value is -4.51. The fourth-order valence-corrected chi connectivity index (χ4v) is 6.16. The number of nitrogens with zero attached hydrogens (tertiary/aromatic N) is 4. The molecule has 10 nitrogen and oxygen atoms in total. The van der Waals surface area contributed by atoms with Crippen LogP contribution in [0.15, 0.2) is 48.2 Å². The molecule has 1 atom stereocenters. The maximum absolute atomic E-state index is 13.8. The Labute approximate surface area is 253 Å². The summed E-state index contributed by atoms with van der Waals surface area (Å²) in [5, 5.41) is 12.0. The molecule has 1 aliphatic heterocycles. The molecule has 3 aromatic heterocycles. The number of rotatable bonds is 10. The predicted molar refractivity (Wildman–Crippen MR) is 164 cm³/mol. The number of carbonyl (C=O) groups is 3. The van der Waals surface area contributed by atoms with Gasteiger partial charge in [-0.1, -0.05) is 37.3 Å². The number of imidazole rings is 1. The van der Waals surface area contributed by atoms with Crippen molar-refractivity contribution in [3.8, 4) is 11.5 Å². The minimum absolute atomic E-state index is 0.119. The van der Waals surface area contributed by atoms with Gasteiger partial charge in [-0.3, -0.25) is 23.7 Å². The van der Waals surface area contributed by atoms with E-state index in [1.54, 1.807) is 54.8 Å². The number of Topliss-reactive ketones (excluding diaryl/α,β-unsaturated/α-hetero) is 2. The molecule has 11 heteroatoms. The van der Waals surface area contributed by atoms with Crippen molar-refractivity contribution in [1.29, 1.82) is 0 Å². The fraction of sp³-hybridized carbons (Fsp3) is 0.344. The van der Waals surface area contributed by atoms with Crippen LogP contribution in [0, 0.1) is 19.8 Å². The Morgan fingerprint density at radius 3 is 2.51 bits per heavy atom. The average molecular weight is 603 g/mol. The van der Waals surface area contributed by atoms with Gasteiger partial charge in [-0.05, 0) is 62.9 Å². The largest absolute Gasteiger partial charge is 0.505 e. The number of hydrogen-bond donors (Lipinski definition) is 1. The van der Waals surface area contributed by atoms with Gasteiger partial charge in [0.1, 0.15) is 11.3 Å². The molecule has 0 saturated carbocycles. The summed E-state index contributed by atoms with van der Waals surface area (Å²) in [6.07, 6.45) is 2.59. The topological polar surface area (TPSA) is 123 Å². The summed E-state index contributed by atoms with van der Waals surface area (Å²) < 4.78 is 13.6. The highest BCUT2D eigenvalue weighted by Gasteiger charge is 2.49. The van der Waals surface area contributed by atoms with E-state index in [0.29, 0.717) is 63.8 Å². The van der Waals surface area contributed by atoms with Crippen molar-refractivity contribution in [1.82, 2.24) is 14.4 Å². The second-order valence-electron chi connectivity index (χ2n) is 10.8. The average Bonchev–Trinajstić information content (AvgIpc) is 3.59. The molecular formula is C32H34N4O6S. The number of aryl methyl sites for hydroxylation is 2. The van der Waals surface area contributed by atoms with E-state index in [1.165, 1.54) is 11.8 Å². The summed E-state index contributed by atoms with van der Waals surface area (Å²) in [6.45, 7) is 11.8. The highest BCUT2D eigenvalue weighted by molar-refractivity contribution is 7.18. The molecule has 1 saturated heterocycles. The van der Waals surface area contributed by atoms with Crippen LogP contribution in [0.1, 0.15) is 72.5 Å². The van der Waals surface area contributed by atoms with Crippen molar-refractivity contribution in [2.24, 2.45) is 5.92 Å².